The Morgan fingerprint density at radius 2 is 2.13 bits per heavy atom. The van der Waals surface area contributed by atoms with Crippen molar-refractivity contribution >= 4 is 29.0 Å². The summed E-state index contributed by atoms with van der Waals surface area (Å²) in [5.74, 6) is 4.96. The van der Waals surface area contributed by atoms with Crippen molar-refractivity contribution < 1.29 is 4.79 Å². The van der Waals surface area contributed by atoms with Crippen LogP contribution in [-0.2, 0) is 4.79 Å². The Morgan fingerprint density at radius 3 is 2.73 bits per heavy atom. The lowest BCUT2D eigenvalue weighted by Gasteiger charge is -2.09. The molecule has 1 rings (SSSR count). The van der Waals surface area contributed by atoms with Gasteiger partial charge >= 0.3 is 0 Å². The van der Waals surface area contributed by atoms with Crippen LogP contribution in [0.1, 0.15) is 5.56 Å². The fourth-order valence-corrected chi connectivity index (χ4v) is 1.87. The standard InChI is InChI=1S/C9H14N4OS/c1-5-6(10)2-3-7(9(5)11)15-4-8(14)13-12/h2-3H,4,10-12H2,1H3,(H,13,14). The van der Waals surface area contributed by atoms with Crippen LogP contribution in [0.3, 0.4) is 0 Å². The highest BCUT2D eigenvalue weighted by Gasteiger charge is 2.07. The molecule has 0 atom stereocenters. The van der Waals surface area contributed by atoms with Gasteiger partial charge in [0.1, 0.15) is 0 Å². The topological polar surface area (TPSA) is 107 Å². The highest BCUT2D eigenvalue weighted by molar-refractivity contribution is 8.00. The molecule has 1 amide bonds. The average molecular weight is 226 g/mol. The van der Waals surface area contributed by atoms with Crippen LogP contribution in [0.25, 0.3) is 0 Å². The Bertz CT molecular complexity index is 381. The van der Waals surface area contributed by atoms with Crippen molar-refractivity contribution in [3.8, 4) is 0 Å². The molecule has 15 heavy (non-hydrogen) atoms. The molecule has 1 aromatic carbocycles. The minimum Gasteiger partial charge on any atom is -0.398 e. The fraction of sp³-hybridized carbons (Fsp3) is 0.222. The summed E-state index contributed by atoms with van der Waals surface area (Å²) in [5, 5.41) is 0. The van der Waals surface area contributed by atoms with Crippen molar-refractivity contribution in [1.82, 2.24) is 5.43 Å². The second-order valence-electron chi connectivity index (χ2n) is 3.05. The van der Waals surface area contributed by atoms with E-state index >= 15 is 0 Å². The first-order valence-electron chi connectivity index (χ1n) is 4.33. The minimum absolute atomic E-state index is 0.240. The first kappa shape index (κ1) is 11.7. The van der Waals surface area contributed by atoms with Crippen molar-refractivity contribution in [2.24, 2.45) is 5.84 Å². The molecule has 0 radical (unpaired) electrons. The molecule has 5 nitrogen and oxygen atoms in total. The van der Waals surface area contributed by atoms with Crippen molar-refractivity contribution in [1.29, 1.82) is 0 Å². The number of thioether (sulfide) groups is 1. The summed E-state index contributed by atoms with van der Waals surface area (Å²) in [7, 11) is 0. The van der Waals surface area contributed by atoms with Crippen LogP contribution >= 0.6 is 11.8 Å². The van der Waals surface area contributed by atoms with E-state index in [1.807, 2.05) is 6.92 Å². The number of hydrogen-bond acceptors (Lipinski definition) is 5. The molecule has 0 aliphatic rings. The van der Waals surface area contributed by atoms with Crippen molar-refractivity contribution in [2.75, 3.05) is 17.2 Å². The van der Waals surface area contributed by atoms with Crippen molar-refractivity contribution in [3.63, 3.8) is 0 Å². The zero-order chi connectivity index (χ0) is 11.4. The zero-order valence-corrected chi connectivity index (χ0v) is 9.23. The lowest BCUT2D eigenvalue weighted by molar-refractivity contribution is -0.118. The predicted molar refractivity (Wildman–Crippen MR) is 63.1 cm³/mol. The van der Waals surface area contributed by atoms with Gasteiger partial charge in [-0.1, -0.05) is 0 Å². The van der Waals surface area contributed by atoms with E-state index in [0.29, 0.717) is 11.4 Å². The zero-order valence-electron chi connectivity index (χ0n) is 8.41. The van der Waals surface area contributed by atoms with E-state index < -0.39 is 0 Å². The molecule has 0 heterocycles. The van der Waals surface area contributed by atoms with Gasteiger partial charge in [0.05, 0.1) is 11.4 Å². The van der Waals surface area contributed by atoms with Crippen LogP contribution in [0.4, 0.5) is 11.4 Å². The molecule has 0 saturated carbocycles. The van der Waals surface area contributed by atoms with Gasteiger partial charge in [-0.25, -0.2) is 5.84 Å². The number of rotatable bonds is 3. The third kappa shape index (κ3) is 2.77. The predicted octanol–water partition coefficient (Wildman–Crippen LogP) is 0.241. The number of hydrazine groups is 1. The molecule has 1 aromatic rings. The van der Waals surface area contributed by atoms with E-state index in [2.05, 4.69) is 5.43 Å². The molecular formula is C9H14N4OS. The Labute approximate surface area is 92.4 Å². The van der Waals surface area contributed by atoms with Gasteiger partial charge in [0.15, 0.2) is 0 Å². The van der Waals surface area contributed by atoms with Gasteiger partial charge < -0.3 is 11.5 Å². The van der Waals surface area contributed by atoms with Gasteiger partial charge in [-0.3, -0.25) is 10.2 Å². The molecule has 0 unspecified atom stereocenters. The second kappa shape index (κ2) is 4.90. The monoisotopic (exact) mass is 226 g/mol. The van der Waals surface area contributed by atoms with E-state index in [4.69, 9.17) is 17.3 Å². The molecule has 0 aliphatic heterocycles. The number of amides is 1. The molecule has 0 aromatic heterocycles. The lowest BCUT2D eigenvalue weighted by Crippen LogP contribution is -2.31. The summed E-state index contributed by atoms with van der Waals surface area (Å²) in [5.41, 5.74) is 15.7. The molecule has 0 fully saturated rings. The van der Waals surface area contributed by atoms with Gasteiger partial charge in [-0.05, 0) is 24.6 Å². The van der Waals surface area contributed by atoms with Gasteiger partial charge in [-0.15, -0.1) is 11.8 Å². The number of hydrogen-bond donors (Lipinski definition) is 4. The number of nitrogens with two attached hydrogens (primary N) is 3. The van der Waals surface area contributed by atoms with Gasteiger partial charge in [0, 0.05) is 10.6 Å². The van der Waals surface area contributed by atoms with Crippen LogP contribution < -0.4 is 22.7 Å². The second-order valence-corrected chi connectivity index (χ2v) is 4.06. The first-order valence-corrected chi connectivity index (χ1v) is 5.31. The number of carbonyl (C=O) groups is 1. The molecule has 0 aliphatic carbocycles. The van der Waals surface area contributed by atoms with E-state index in [9.17, 15) is 4.79 Å². The van der Waals surface area contributed by atoms with E-state index in [0.717, 1.165) is 10.5 Å². The molecule has 7 N–H and O–H groups in total. The van der Waals surface area contributed by atoms with E-state index in [1.165, 1.54) is 11.8 Å². The average Bonchev–Trinajstić information content (AvgIpc) is 2.24. The van der Waals surface area contributed by atoms with Crippen molar-refractivity contribution in [2.45, 2.75) is 11.8 Å². The number of carbonyl (C=O) groups excluding carboxylic acids is 1. The maximum absolute atomic E-state index is 10.9. The molecular weight excluding hydrogens is 212 g/mol. The first-order chi connectivity index (χ1) is 7.06. The maximum atomic E-state index is 10.9. The van der Waals surface area contributed by atoms with Crippen LogP contribution in [0.2, 0.25) is 0 Å². The Balaban J connectivity index is 2.78. The number of nitrogen functional groups attached to an aromatic ring is 2. The fourth-order valence-electron chi connectivity index (χ4n) is 1.03. The number of anilines is 2. The SMILES string of the molecule is Cc1c(N)ccc(SCC(=O)NN)c1N. The largest absolute Gasteiger partial charge is 0.398 e. The highest BCUT2D eigenvalue weighted by atomic mass is 32.2. The highest BCUT2D eigenvalue weighted by Crippen LogP contribution is 2.30. The maximum Gasteiger partial charge on any atom is 0.244 e. The van der Waals surface area contributed by atoms with Crippen LogP contribution in [-0.4, -0.2) is 11.7 Å². The Hall–Kier alpha value is -1.40. The molecule has 0 saturated heterocycles. The quantitative estimate of drug-likeness (QED) is 0.194. The lowest BCUT2D eigenvalue weighted by atomic mass is 10.2. The molecule has 0 bridgehead atoms. The summed E-state index contributed by atoms with van der Waals surface area (Å²) in [6.45, 7) is 1.84. The summed E-state index contributed by atoms with van der Waals surface area (Å²) >= 11 is 1.33. The van der Waals surface area contributed by atoms with Gasteiger partial charge in [0.25, 0.3) is 0 Å². The number of benzene rings is 1. The van der Waals surface area contributed by atoms with Gasteiger partial charge in [-0.2, -0.15) is 0 Å². The van der Waals surface area contributed by atoms with Crippen LogP contribution in [0.5, 0.6) is 0 Å². The molecule has 82 valence electrons. The summed E-state index contributed by atoms with van der Waals surface area (Å²) in [6, 6.07) is 3.57. The third-order valence-corrected chi connectivity index (χ3v) is 3.11. The third-order valence-electron chi connectivity index (χ3n) is 2.04. The summed E-state index contributed by atoms with van der Waals surface area (Å²) < 4.78 is 0. The van der Waals surface area contributed by atoms with E-state index in [-0.39, 0.29) is 11.7 Å². The smallest absolute Gasteiger partial charge is 0.244 e. The van der Waals surface area contributed by atoms with Crippen LogP contribution in [0.15, 0.2) is 17.0 Å². The Kier molecular flexibility index (Phi) is 3.81. The Morgan fingerprint density at radius 1 is 1.47 bits per heavy atom. The number of nitrogens with one attached hydrogen (secondary N) is 1. The minimum atomic E-state index is -0.242. The van der Waals surface area contributed by atoms with E-state index in [1.54, 1.807) is 12.1 Å². The van der Waals surface area contributed by atoms with Gasteiger partial charge in [0.2, 0.25) is 5.91 Å². The molecule has 6 heteroatoms. The normalized spacial score (nSPS) is 10.0. The summed E-state index contributed by atoms with van der Waals surface area (Å²) in [6.07, 6.45) is 0. The summed E-state index contributed by atoms with van der Waals surface area (Å²) in [4.78, 5) is 11.8. The molecule has 0 spiro atoms. The van der Waals surface area contributed by atoms with Crippen LogP contribution in [0, 0.1) is 6.92 Å². The van der Waals surface area contributed by atoms with Crippen molar-refractivity contribution in [3.05, 3.63) is 17.7 Å².